The molecular formula is C13H21N3O3S. The molecule has 0 aromatic carbocycles. The molecule has 1 unspecified atom stereocenters. The van der Waals surface area contributed by atoms with Gasteiger partial charge in [-0.2, -0.15) is 17.0 Å². The number of carboxylic acids is 1. The van der Waals surface area contributed by atoms with Crippen molar-refractivity contribution >= 4 is 23.6 Å². The van der Waals surface area contributed by atoms with E-state index in [2.05, 4.69) is 10.6 Å². The van der Waals surface area contributed by atoms with Gasteiger partial charge in [-0.25, -0.2) is 4.79 Å². The van der Waals surface area contributed by atoms with Crippen molar-refractivity contribution in [1.29, 1.82) is 5.26 Å². The Morgan fingerprint density at radius 2 is 2.10 bits per heavy atom. The van der Waals surface area contributed by atoms with Crippen LogP contribution in [0, 0.1) is 17.2 Å². The van der Waals surface area contributed by atoms with Gasteiger partial charge in [0.15, 0.2) is 0 Å². The molecule has 1 atom stereocenters. The first-order valence-corrected chi connectivity index (χ1v) is 7.68. The van der Waals surface area contributed by atoms with Crippen LogP contribution in [-0.2, 0) is 9.59 Å². The summed E-state index contributed by atoms with van der Waals surface area (Å²) in [5.41, 5.74) is -0.124. The van der Waals surface area contributed by atoms with E-state index in [1.807, 2.05) is 20.1 Å². The van der Waals surface area contributed by atoms with Crippen LogP contribution in [0.25, 0.3) is 0 Å². The highest BCUT2D eigenvalue weighted by molar-refractivity contribution is 7.98. The molecule has 0 aromatic rings. The minimum atomic E-state index is -1.10. The van der Waals surface area contributed by atoms with Crippen molar-refractivity contribution in [2.24, 2.45) is 5.92 Å². The standard InChI is InChI=1S/C13H21N3O3S/c1-9(2)7-15-8-10(6-14)12(17)16-11(13(18)19)4-5-20-3/h8-9,11,15H,4-5,7H2,1-3H3,(H,16,17)(H,18,19)/b10-8-. The van der Waals surface area contributed by atoms with E-state index in [1.54, 1.807) is 6.07 Å². The van der Waals surface area contributed by atoms with Gasteiger partial charge in [0.05, 0.1) is 0 Å². The molecule has 3 N–H and O–H groups in total. The number of carbonyl (C=O) groups is 2. The van der Waals surface area contributed by atoms with Crippen LogP contribution in [0.3, 0.4) is 0 Å². The lowest BCUT2D eigenvalue weighted by Gasteiger charge is -2.13. The molecule has 7 heteroatoms. The van der Waals surface area contributed by atoms with E-state index in [4.69, 9.17) is 10.4 Å². The molecule has 0 spiro atoms. The minimum absolute atomic E-state index is 0.124. The molecule has 1 amide bonds. The summed E-state index contributed by atoms with van der Waals surface area (Å²) in [6.45, 7) is 4.62. The number of nitrogens with zero attached hydrogens (tertiary/aromatic N) is 1. The fraction of sp³-hybridized carbons (Fsp3) is 0.615. The molecule has 0 radical (unpaired) electrons. The van der Waals surface area contributed by atoms with Crippen LogP contribution < -0.4 is 10.6 Å². The second-order valence-corrected chi connectivity index (χ2v) is 5.60. The van der Waals surface area contributed by atoms with Gasteiger partial charge in [0.25, 0.3) is 5.91 Å². The first-order valence-electron chi connectivity index (χ1n) is 6.28. The second kappa shape index (κ2) is 10.1. The molecule has 0 rings (SSSR count). The fourth-order valence-corrected chi connectivity index (χ4v) is 1.75. The number of amides is 1. The van der Waals surface area contributed by atoms with Crippen molar-refractivity contribution in [1.82, 2.24) is 10.6 Å². The molecule has 0 aromatic heterocycles. The van der Waals surface area contributed by atoms with Crippen molar-refractivity contribution in [2.75, 3.05) is 18.6 Å². The van der Waals surface area contributed by atoms with Gasteiger partial charge in [-0.05, 0) is 24.3 Å². The van der Waals surface area contributed by atoms with E-state index in [0.717, 1.165) is 0 Å². The van der Waals surface area contributed by atoms with Crippen LogP contribution in [0.5, 0.6) is 0 Å². The third-order valence-electron chi connectivity index (χ3n) is 2.35. The van der Waals surface area contributed by atoms with Crippen LogP contribution in [-0.4, -0.2) is 41.6 Å². The van der Waals surface area contributed by atoms with E-state index >= 15 is 0 Å². The molecule has 20 heavy (non-hydrogen) atoms. The second-order valence-electron chi connectivity index (χ2n) is 4.62. The smallest absolute Gasteiger partial charge is 0.326 e. The molecule has 0 aliphatic rings. The van der Waals surface area contributed by atoms with Crippen molar-refractivity contribution in [3.63, 3.8) is 0 Å². The molecule has 0 saturated carbocycles. The Morgan fingerprint density at radius 1 is 1.45 bits per heavy atom. The molecule has 0 aliphatic carbocycles. The van der Waals surface area contributed by atoms with E-state index in [0.29, 0.717) is 24.6 Å². The topological polar surface area (TPSA) is 102 Å². The lowest BCUT2D eigenvalue weighted by atomic mass is 10.2. The number of thioether (sulfide) groups is 1. The van der Waals surface area contributed by atoms with Crippen LogP contribution in [0.2, 0.25) is 0 Å². The lowest BCUT2D eigenvalue weighted by molar-refractivity contribution is -0.141. The Bertz CT molecular complexity index is 402. The monoisotopic (exact) mass is 299 g/mol. The summed E-state index contributed by atoms with van der Waals surface area (Å²) in [6, 6.07) is 0.789. The summed E-state index contributed by atoms with van der Waals surface area (Å²) in [4.78, 5) is 22.8. The highest BCUT2D eigenvalue weighted by Gasteiger charge is 2.21. The average molecular weight is 299 g/mol. The SMILES string of the molecule is CSCCC(NC(=O)/C(C#N)=C\NCC(C)C)C(=O)O. The molecular weight excluding hydrogens is 278 g/mol. The molecule has 0 heterocycles. The average Bonchev–Trinajstić information content (AvgIpc) is 2.38. The van der Waals surface area contributed by atoms with Gasteiger partial charge >= 0.3 is 5.97 Å². The Hall–Kier alpha value is -1.68. The summed E-state index contributed by atoms with van der Waals surface area (Å²) >= 11 is 1.50. The van der Waals surface area contributed by atoms with Crippen LogP contribution >= 0.6 is 11.8 Å². The summed E-state index contributed by atoms with van der Waals surface area (Å²) in [7, 11) is 0. The van der Waals surface area contributed by atoms with E-state index in [-0.39, 0.29) is 5.57 Å². The number of carbonyl (C=O) groups excluding carboxylic acids is 1. The minimum Gasteiger partial charge on any atom is -0.480 e. The zero-order valence-electron chi connectivity index (χ0n) is 12.0. The summed E-state index contributed by atoms with van der Waals surface area (Å²) in [6.07, 6.45) is 3.50. The third kappa shape index (κ3) is 7.69. The van der Waals surface area contributed by atoms with E-state index in [1.165, 1.54) is 18.0 Å². The maximum absolute atomic E-state index is 11.8. The molecule has 0 bridgehead atoms. The first kappa shape index (κ1) is 18.3. The van der Waals surface area contributed by atoms with Gasteiger partial charge in [0, 0.05) is 12.7 Å². The zero-order chi connectivity index (χ0) is 15.5. The largest absolute Gasteiger partial charge is 0.480 e. The van der Waals surface area contributed by atoms with Gasteiger partial charge < -0.3 is 15.7 Å². The molecule has 0 saturated heterocycles. The quantitative estimate of drug-likeness (QED) is 0.433. The number of nitrogens with one attached hydrogen (secondary N) is 2. The molecule has 6 nitrogen and oxygen atoms in total. The Kier molecular flexibility index (Phi) is 9.30. The Balaban J connectivity index is 4.59. The Morgan fingerprint density at radius 3 is 2.55 bits per heavy atom. The highest BCUT2D eigenvalue weighted by Crippen LogP contribution is 2.02. The predicted octanol–water partition coefficient (Wildman–Crippen LogP) is 0.962. The molecule has 112 valence electrons. The fourth-order valence-electron chi connectivity index (χ4n) is 1.27. The molecule has 0 aliphatic heterocycles. The van der Waals surface area contributed by atoms with Gasteiger partial charge in [0.2, 0.25) is 0 Å². The Labute approximate surface area is 123 Å². The van der Waals surface area contributed by atoms with Gasteiger partial charge in [-0.15, -0.1) is 0 Å². The first-order chi connectivity index (χ1) is 9.42. The maximum Gasteiger partial charge on any atom is 0.326 e. The number of carboxylic acid groups (broad SMARTS) is 1. The van der Waals surface area contributed by atoms with Gasteiger partial charge in [-0.1, -0.05) is 13.8 Å². The van der Waals surface area contributed by atoms with Crippen molar-refractivity contribution < 1.29 is 14.7 Å². The number of rotatable bonds is 9. The number of aliphatic carboxylic acids is 1. The van der Waals surface area contributed by atoms with E-state index < -0.39 is 17.9 Å². The van der Waals surface area contributed by atoms with Crippen molar-refractivity contribution in [2.45, 2.75) is 26.3 Å². The molecule has 0 fully saturated rings. The van der Waals surface area contributed by atoms with Gasteiger partial charge in [-0.3, -0.25) is 4.79 Å². The van der Waals surface area contributed by atoms with Crippen LogP contribution in [0.1, 0.15) is 20.3 Å². The maximum atomic E-state index is 11.8. The van der Waals surface area contributed by atoms with Gasteiger partial charge in [0.1, 0.15) is 17.7 Å². The van der Waals surface area contributed by atoms with E-state index in [9.17, 15) is 9.59 Å². The van der Waals surface area contributed by atoms with Crippen molar-refractivity contribution in [3.8, 4) is 6.07 Å². The number of nitriles is 1. The van der Waals surface area contributed by atoms with Crippen molar-refractivity contribution in [3.05, 3.63) is 11.8 Å². The number of hydrogen-bond acceptors (Lipinski definition) is 5. The zero-order valence-corrected chi connectivity index (χ0v) is 12.8. The summed E-state index contributed by atoms with van der Waals surface area (Å²) in [5.74, 6) is -0.770. The third-order valence-corrected chi connectivity index (χ3v) is 3.00. The predicted molar refractivity (Wildman–Crippen MR) is 79.1 cm³/mol. The van der Waals surface area contributed by atoms with Crippen LogP contribution in [0.4, 0.5) is 0 Å². The number of hydrogen-bond donors (Lipinski definition) is 3. The normalized spacial score (nSPS) is 12.7. The highest BCUT2D eigenvalue weighted by atomic mass is 32.2. The lowest BCUT2D eigenvalue weighted by Crippen LogP contribution is -2.42. The summed E-state index contributed by atoms with van der Waals surface area (Å²) in [5, 5.41) is 23.2. The van der Waals surface area contributed by atoms with Crippen LogP contribution in [0.15, 0.2) is 11.8 Å². The summed E-state index contributed by atoms with van der Waals surface area (Å²) < 4.78 is 0.